The summed E-state index contributed by atoms with van der Waals surface area (Å²) >= 11 is 0. The Bertz CT molecular complexity index is 3880. The number of ether oxygens (including phenoxy) is 6. The number of nitrogens with one attached hydrogen (secondary N) is 8. The number of benzene rings is 5. The Balaban J connectivity index is 1.18. The van der Waals surface area contributed by atoms with Crippen LogP contribution >= 0.6 is 0 Å². The Morgan fingerprint density at radius 1 is 0.440 bits per heavy atom. The SMILES string of the molecule is CCCCCCCCCCCC(CC(=O)OCc1ccccc1)OC(=O)[C@@H](NC(=O)[C@@H](CC(C)C)NC(=O)[C@H](CC(=O)OC(C)(C)C)NC(=O)[C@H](C)NC(=O)[C@@H](CC(C)C)NC(=O)[C@H](CC(C)C)NC(=O)[C@H](CCC(=O)NC(c1ccc(OC)cc1)c1ccc(OC)cc1)NC(=O)OCC1c2ccccc2-c2ccccc21)[C@@H](C)CC. The first-order valence-corrected chi connectivity index (χ1v) is 41.4. The zero-order valence-corrected chi connectivity index (χ0v) is 70.8. The van der Waals surface area contributed by atoms with Crippen LogP contribution in [0.5, 0.6) is 11.5 Å². The lowest BCUT2D eigenvalue weighted by Gasteiger charge is -2.29. The van der Waals surface area contributed by atoms with Gasteiger partial charge in [0.1, 0.15) is 78.7 Å². The van der Waals surface area contributed by atoms with Gasteiger partial charge < -0.3 is 71.0 Å². The van der Waals surface area contributed by atoms with Crippen LogP contribution in [0, 0.1) is 23.7 Å². The number of rotatable bonds is 49. The molecule has 5 aromatic rings. The van der Waals surface area contributed by atoms with Gasteiger partial charge in [-0.15, -0.1) is 0 Å². The van der Waals surface area contributed by atoms with E-state index < -0.39 is 138 Å². The van der Waals surface area contributed by atoms with Crippen molar-refractivity contribution in [2.45, 2.75) is 278 Å². The third-order valence-corrected chi connectivity index (χ3v) is 20.3. The highest BCUT2D eigenvalue weighted by Crippen LogP contribution is 2.44. The Morgan fingerprint density at radius 3 is 1.39 bits per heavy atom. The van der Waals surface area contributed by atoms with Gasteiger partial charge in [-0.25, -0.2) is 9.59 Å². The van der Waals surface area contributed by atoms with Gasteiger partial charge in [0.2, 0.25) is 41.4 Å². The number of esters is 3. The van der Waals surface area contributed by atoms with Crippen LogP contribution in [0.1, 0.15) is 245 Å². The van der Waals surface area contributed by atoms with Crippen LogP contribution in [0.2, 0.25) is 0 Å². The molecular weight excluding hydrogens is 1480 g/mol. The summed E-state index contributed by atoms with van der Waals surface area (Å²) < 4.78 is 34.1. The summed E-state index contributed by atoms with van der Waals surface area (Å²) in [5.41, 5.74) is 5.12. The molecule has 0 bridgehead atoms. The smallest absolute Gasteiger partial charge is 0.407 e. The molecule has 0 fully saturated rings. The molecule has 116 heavy (non-hydrogen) atoms. The van der Waals surface area contributed by atoms with E-state index in [-0.39, 0.29) is 75.4 Å². The van der Waals surface area contributed by atoms with Crippen molar-refractivity contribution in [3.63, 3.8) is 0 Å². The molecule has 0 radical (unpaired) electrons. The van der Waals surface area contributed by atoms with Gasteiger partial charge in [-0.3, -0.25) is 43.2 Å². The van der Waals surface area contributed by atoms with E-state index in [0.29, 0.717) is 30.8 Å². The van der Waals surface area contributed by atoms with Crippen LogP contribution in [0.15, 0.2) is 127 Å². The Kier molecular flexibility index (Phi) is 39.3. The normalized spacial score (nSPS) is 14.2. The van der Waals surface area contributed by atoms with Crippen LogP contribution < -0.4 is 52.0 Å². The first-order chi connectivity index (χ1) is 55.3. The van der Waals surface area contributed by atoms with Crippen LogP contribution in [0.25, 0.3) is 11.1 Å². The van der Waals surface area contributed by atoms with E-state index in [1.165, 1.54) is 26.2 Å². The number of carbonyl (C=O) groups is 11. The van der Waals surface area contributed by atoms with Crippen molar-refractivity contribution in [3.05, 3.63) is 155 Å². The highest BCUT2D eigenvalue weighted by molar-refractivity contribution is 5.98. The topological polar surface area (TPSA) is 339 Å². The number of unbranched alkanes of at least 4 members (excludes halogenated alkanes) is 8. The molecule has 0 spiro atoms. The van der Waals surface area contributed by atoms with E-state index in [9.17, 15) is 52.7 Å². The van der Waals surface area contributed by atoms with Gasteiger partial charge in [-0.2, -0.15) is 0 Å². The fraction of sp³-hybridized carbons (Fsp3) is 0.549. The van der Waals surface area contributed by atoms with E-state index in [2.05, 4.69) is 49.5 Å². The van der Waals surface area contributed by atoms with Gasteiger partial charge in [0.15, 0.2) is 0 Å². The summed E-state index contributed by atoms with van der Waals surface area (Å²) in [6.07, 6.45) is 7.06. The maximum Gasteiger partial charge on any atom is 0.407 e. The summed E-state index contributed by atoms with van der Waals surface area (Å²) in [7, 11) is 3.09. The van der Waals surface area contributed by atoms with Crippen molar-refractivity contribution < 1.29 is 81.2 Å². The Labute approximate surface area is 686 Å². The minimum Gasteiger partial charge on any atom is -0.497 e. The fourth-order valence-electron chi connectivity index (χ4n) is 13.9. The number of hydrogen-bond donors (Lipinski definition) is 8. The molecule has 8 N–H and O–H groups in total. The molecule has 0 saturated carbocycles. The van der Waals surface area contributed by atoms with E-state index >= 15 is 0 Å². The second-order valence-corrected chi connectivity index (χ2v) is 32.7. The quantitative estimate of drug-likeness (QED) is 0.0102. The standard InChI is InChI=1S/C91H128N8O17/c1-16-18-19-20-21-22-23-24-28-35-67(53-79(101)113-55-62-33-26-25-27-34-62)115-89(109)81(60(9)17-2)99-88(108)76(52-59(7)8)96-87(107)77(54-80(102)116-91(11,12)13)93-83(103)61(10)92-85(105)74(50-57(3)4)95-86(106)75(51-58(5)6)94-84(104)73(97-90(110)114-56-72-70-38-31-29-36-68(70)69-37-30-32-39-71(69)72)48-49-78(100)98-82(63-40-44-65(111-14)45-41-63)64-42-46-66(112-15)47-43-64/h25-27,29-34,36-47,57-61,67,72-77,81-82H,16-24,28,35,48-56H2,1-15H3,(H,92,105)(H,93,103)(H,94,104)(H,95,106)(H,96,107)(H,97,110)(H,98,100)(H,99,108)/t60-,61-,67?,73-,74+,75-,76+,77-,81-/m0/s1. The van der Waals surface area contributed by atoms with E-state index in [4.69, 9.17) is 28.4 Å². The minimum atomic E-state index is -1.70. The lowest BCUT2D eigenvalue weighted by Crippen LogP contribution is -2.60. The minimum absolute atomic E-state index is 0.0335. The number of amides is 8. The van der Waals surface area contributed by atoms with Crippen molar-refractivity contribution in [2.24, 2.45) is 23.7 Å². The maximum absolute atomic E-state index is 14.9. The lowest BCUT2D eigenvalue weighted by molar-refractivity contribution is -0.160. The van der Waals surface area contributed by atoms with Crippen molar-refractivity contribution in [1.29, 1.82) is 0 Å². The van der Waals surface area contributed by atoms with Gasteiger partial charge in [0, 0.05) is 12.3 Å². The van der Waals surface area contributed by atoms with Crippen LogP contribution in [-0.4, -0.2) is 140 Å². The molecule has 8 amide bonds. The summed E-state index contributed by atoms with van der Waals surface area (Å²) in [6, 6.07) is 28.7. The molecule has 0 aromatic heterocycles. The van der Waals surface area contributed by atoms with Gasteiger partial charge in [0.05, 0.1) is 33.1 Å². The maximum atomic E-state index is 14.9. The number of hydrogen-bond acceptors (Lipinski definition) is 17. The van der Waals surface area contributed by atoms with E-state index in [1.807, 2.05) is 152 Å². The monoisotopic (exact) mass is 1600 g/mol. The molecule has 5 aromatic carbocycles. The predicted octanol–water partition coefficient (Wildman–Crippen LogP) is 13.4. The van der Waals surface area contributed by atoms with Crippen molar-refractivity contribution >= 4 is 65.4 Å². The molecule has 634 valence electrons. The molecule has 0 heterocycles. The fourth-order valence-corrected chi connectivity index (χ4v) is 13.9. The van der Waals surface area contributed by atoms with E-state index in [0.717, 1.165) is 71.0 Å². The van der Waals surface area contributed by atoms with Gasteiger partial charge in [-0.1, -0.05) is 223 Å². The third kappa shape index (κ3) is 32.0. The summed E-state index contributed by atoms with van der Waals surface area (Å²) in [5.74, 6) is -8.11. The zero-order valence-electron chi connectivity index (χ0n) is 70.8. The van der Waals surface area contributed by atoms with Crippen molar-refractivity contribution in [2.75, 3.05) is 20.8 Å². The zero-order chi connectivity index (χ0) is 85.0. The van der Waals surface area contributed by atoms with Gasteiger partial charge in [-0.05, 0) is 153 Å². The summed E-state index contributed by atoms with van der Waals surface area (Å²) in [4.78, 5) is 158. The summed E-state index contributed by atoms with van der Waals surface area (Å²) in [6.45, 7) is 22.9. The highest BCUT2D eigenvalue weighted by Gasteiger charge is 2.39. The third-order valence-electron chi connectivity index (χ3n) is 20.3. The van der Waals surface area contributed by atoms with Crippen LogP contribution in [0.3, 0.4) is 0 Å². The average Bonchev–Trinajstić information content (AvgIpc) is 1.61. The number of fused-ring (bicyclic) bond motifs is 3. The Morgan fingerprint density at radius 2 is 0.897 bits per heavy atom. The van der Waals surface area contributed by atoms with Gasteiger partial charge >= 0.3 is 24.0 Å². The molecule has 25 nitrogen and oxygen atoms in total. The molecule has 1 aliphatic rings. The number of alkyl carbamates (subject to hydrolysis) is 1. The highest BCUT2D eigenvalue weighted by atomic mass is 16.6. The lowest BCUT2D eigenvalue weighted by atomic mass is 9.97. The second-order valence-electron chi connectivity index (χ2n) is 32.7. The largest absolute Gasteiger partial charge is 0.497 e. The molecule has 0 saturated heterocycles. The molecule has 6 rings (SSSR count). The Hall–Kier alpha value is -10.3. The van der Waals surface area contributed by atoms with E-state index in [1.54, 1.807) is 66.2 Å². The predicted molar refractivity (Wildman–Crippen MR) is 445 cm³/mol. The van der Waals surface area contributed by atoms with Crippen molar-refractivity contribution in [3.8, 4) is 22.6 Å². The second kappa shape index (κ2) is 48.3. The van der Waals surface area contributed by atoms with Crippen molar-refractivity contribution in [1.82, 2.24) is 42.5 Å². The molecule has 1 unspecified atom stereocenters. The van der Waals surface area contributed by atoms with Gasteiger partial charge in [0.25, 0.3) is 0 Å². The van der Waals surface area contributed by atoms with Crippen LogP contribution in [0.4, 0.5) is 4.79 Å². The average molecular weight is 1610 g/mol. The molecule has 25 heteroatoms. The summed E-state index contributed by atoms with van der Waals surface area (Å²) in [5, 5.41) is 22.2. The first kappa shape index (κ1) is 94.5. The molecule has 0 aliphatic heterocycles. The van der Waals surface area contributed by atoms with Crippen LogP contribution in [-0.2, 0) is 73.5 Å². The molecular formula is C91H128N8O17. The molecule has 9 atom stereocenters. The number of methoxy groups -OCH3 is 2. The number of carbonyl (C=O) groups excluding carboxylic acids is 11. The first-order valence-electron chi connectivity index (χ1n) is 41.4. The molecule has 1 aliphatic carbocycles.